The summed E-state index contributed by atoms with van der Waals surface area (Å²) in [5, 5.41) is 2.65. The van der Waals surface area contributed by atoms with Crippen molar-refractivity contribution >= 4 is 12.6 Å². The SMILES string of the molecule is CC(C)OCC(COc1ccccc1)C(C)(C)OC(=O)NCCCOC=O. The van der Waals surface area contributed by atoms with Gasteiger partial charge in [-0.1, -0.05) is 18.2 Å². The largest absolute Gasteiger partial charge is 0.493 e. The Balaban J connectivity index is 2.58. The summed E-state index contributed by atoms with van der Waals surface area (Å²) in [6.45, 7) is 9.33. The molecule has 0 radical (unpaired) electrons. The molecule has 7 nitrogen and oxygen atoms in total. The molecule has 1 aromatic carbocycles. The molecule has 1 N–H and O–H groups in total. The van der Waals surface area contributed by atoms with E-state index >= 15 is 0 Å². The number of benzene rings is 1. The summed E-state index contributed by atoms with van der Waals surface area (Å²) in [4.78, 5) is 22.2. The molecule has 0 spiro atoms. The molecular weight excluding hydrogens is 350 g/mol. The number of para-hydroxylation sites is 1. The average Bonchev–Trinajstić information content (AvgIpc) is 2.61. The van der Waals surface area contributed by atoms with Crippen LogP contribution in [-0.2, 0) is 19.0 Å². The number of carbonyl (C=O) groups is 2. The Hall–Kier alpha value is -2.28. The second-order valence-electron chi connectivity index (χ2n) is 6.94. The molecule has 0 aliphatic heterocycles. The number of hydrogen-bond donors (Lipinski definition) is 1. The minimum Gasteiger partial charge on any atom is -0.493 e. The lowest BCUT2D eigenvalue weighted by Crippen LogP contribution is -2.45. The molecule has 0 fully saturated rings. The van der Waals surface area contributed by atoms with Gasteiger partial charge in [0, 0.05) is 6.54 Å². The van der Waals surface area contributed by atoms with E-state index in [4.69, 9.17) is 14.2 Å². The maximum atomic E-state index is 12.1. The molecule has 7 heteroatoms. The molecule has 0 heterocycles. The van der Waals surface area contributed by atoms with E-state index in [0.717, 1.165) is 5.75 Å². The second-order valence-corrected chi connectivity index (χ2v) is 6.94. The molecule has 0 saturated heterocycles. The highest BCUT2D eigenvalue weighted by atomic mass is 16.6. The molecule has 27 heavy (non-hydrogen) atoms. The molecule has 1 amide bonds. The van der Waals surface area contributed by atoms with Gasteiger partial charge >= 0.3 is 6.09 Å². The number of alkyl carbamates (subject to hydrolysis) is 1. The fourth-order valence-electron chi connectivity index (χ4n) is 2.22. The molecule has 0 aliphatic rings. The van der Waals surface area contributed by atoms with Crippen molar-refractivity contribution in [3.8, 4) is 5.75 Å². The summed E-state index contributed by atoms with van der Waals surface area (Å²) in [6.07, 6.45) is 0.0534. The third kappa shape index (κ3) is 9.84. The minimum absolute atomic E-state index is 0.0617. The Morgan fingerprint density at radius 2 is 1.89 bits per heavy atom. The van der Waals surface area contributed by atoms with Gasteiger partial charge in [0.2, 0.25) is 0 Å². The maximum Gasteiger partial charge on any atom is 0.407 e. The molecule has 1 rings (SSSR count). The average molecular weight is 381 g/mol. The standard InChI is InChI=1S/C20H31NO6/c1-16(2)25-13-17(14-26-18-9-6-5-7-10-18)20(3,4)27-19(23)21-11-8-12-24-15-22/h5-7,9-10,15-17H,8,11-14H2,1-4H3,(H,21,23). The highest BCUT2D eigenvalue weighted by Gasteiger charge is 2.34. The normalized spacial score (nSPS) is 12.3. The van der Waals surface area contributed by atoms with E-state index in [1.165, 1.54) is 0 Å². The lowest BCUT2D eigenvalue weighted by Gasteiger charge is -2.34. The van der Waals surface area contributed by atoms with Gasteiger partial charge in [0.15, 0.2) is 0 Å². The van der Waals surface area contributed by atoms with Gasteiger partial charge in [-0.25, -0.2) is 4.79 Å². The fraction of sp³-hybridized carbons (Fsp3) is 0.600. The van der Waals surface area contributed by atoms with Crippen molar-refractivity contribution in [3.05, 3.63) is 30.3 Å². The monoisotopic (exact) mass is 381 g/mol. The first kappa shape index (κ1) is 22.8. The highest BCUT2D eigenvalue weighted by Crippen LogP contribution is 2.24. The van der Waals surface area contributed by atoms with Crippen molar-refractivity contribution < 1.29 is 28.5 Å². The van der Waals surface area contributed by atoms with Crippen LogP contribution in [0.15, 0.2) is 30.3 Å². The zero-order valence-corrected chi connectivity index (χ0v) is 16.6. The van der Waals surface area contributed by atoms with Crippen LogP contribution < -0.4 is 10.1 Å². The molecule has 1 unspecified atom stereocenters. The summed E-state index contributed by atoms with van der Waals surface area (Å²) in [7, 11) is 0. The van der Waals surface area contributed by atoms with Crippen molar-refractivity contribution in [2.24, 2.45) is 5.92 Å². The quantitative estimate of drug-likeness (QED) is 0.417. The number of amides is 1. The summed E-state index contributed by atoms with van der Waals surface area (Å²) in [5.41, 5.74) is -0.799. The van der Waals surface area contributed by atoms with Gasteiger partial charge in [-0.3, -0.25) is 4.79 Å². The Bertz CT molecular complexity index is 547. The van der Waals surface area contributed by atoms with Crippen LogP contribution in [0.5, 0.6) is 5.75 Å². The third-order valence-electron chi connectivity index (χ3n) is 3.94. The van der Waals surface area contributed by atoms with Crippen molar-refractivity contribution in [1.82, 2.24) is 5.32 Å². The van der Waals surface area contributed by atoms with Crippen molar-refractivity contribution in [2.75, 3.05) is 26.4 Å². The fourth-order valence-corrected chi connectivity index (χ4v) is 2.22. The molecule has 0 saturated carbocycles. The molecular formula is C20H31NO6. The number of carbonyl (C=O) groups excluding carboxylic acids is 2. The van der Waals surface area contributed by atoms with Gasteiger partial charge in [0.1, 0.15) is 11.4 Å². The van der Waals surface area contributed by atoms with Crippen LogP contribution in [0.2, 0.25) is 0 Å². The van der Waals surface area contributed by atoms with E-state index < -0.39 is 11.7 Å². The minimum atomic E-state index is -0.799. The molecule has 0 aromatic heterocycles. The zero-order chi connectivity index (χ0) is 20.1. The Kier molecular flexibility index (Phi) is 10.3. The highest BCUT2D eigenvalue weighted by molar-refractivity contribution is 5.67. The van der Waals surface area contributed by atoms with Gasteiger partial charge in [-0.2, -0.15) is 0 Å². The maximum absolute atomic E-state index is 12.1. The van der Waals surface area contributed by atoms with E-state index in [-0.39, 0.29) is 18.6 Å². The van der Waals surface area contributed by atoms with Gasteiger partial charge in [0.25, 0.3) is 6.47 Å². The van der Waals surface area contributed by atoms with Crippen LogP contribution in [0.25, 0.3) is 0 Å². The predicted molar refractivity (Wildman–Crippen MR) is 102 cm³/mol. The van der Waals surface area contributed by atoms with E-state index in [1.54, 1.807) is 0 Å². The molecule has 152 valence electrons. The van der Waals surface area contributed by atoms with Crippen molar-refractivity contribution in [1.29, 1.82) is 0 Å². The Morgan fingerprint density at radius 1 is 1.19 bits per heavy atom. The number of hydrogen-bond acceptors (Lipinski definition) is 6. The van der Waals surface area contributed by atoms with Crippen LogP contribution in [0.4, 0.5) is 4.79 Å². The summed E-state index contributed by atoms with van der Waals surface area (Å²) in [5.74, 6) is 0.590. The number of rotatable bonds is 13. The second kappa shape index (κ2) is 12.2. The van der Waals surface area contributed by atoms with Crippen LogP contribution in [0, 0.1) is 5.92 Å². The van der Waals surface area contributed by atoms with Crippen LogP contribution in [-0.4, -0.2) is 50.6 Å². The smallest absolute Gasteiger partial charge is 0.407 e. The molecule has 1 aromatic rings. The summed E-state index contributed by atoms with van der Waals surface area (Å²) in [6, 6.07) is 9.48. The summed E-state index contributed by atoms with van der Waals surface area (Å²) >= 11 is 0. The van der Waals surface area contributed by atoms with E-state index in [9.17, 15) is 9.59 Å². The topological polar surface area (TPSA) is 83.1 Å². The number of ether oxygens (including phenoxy) is 4. The lowest BCUT2D eigenvalue weighted by molar-refractivity contribution is -0.128. The van der Waals surface area contributed by atoms with E-state index in [1.807, 2.05) is 58.0 Å². The van der Waals surface area contributed by atoms with Crippen molar-refractivity contribution in [3.63, 3.8) is 0 Å². The lowest BCUT2D eigenvalue weighted by atomic mass is 9.92. The van der Waals surface area contributed by atoms with Crippen LogP contribution >= 0.6 is 0 Å². The van der Waals surface area contributed by atoms with Gasteiger partial charge in [0.05, 0.1) is 31.8 Å². The van der Waals surface area contributed by atoms with Gasteiger partial charge < -0.3 is 24.3 Å². The van der Waals surface area contributed by atoms with Gasteiger partial charge in [-0.05, 0) is 46.2 Å². The van der Waals surface area contributed by atoms with Crippen molar-refractivity contribution in [2.45, 2.75) is 45.8 Å². The predicted octanol–water partition coefficient (Wildman–Crippen LogP) is 3.17. The first-order valence-electron chi connectivity index (χ1n) is 9.16. The zero-order valence-electron chi connectivity index (χ0n) is 16.6. The number of nitrogens with one attached hydrogen (secondary N) is 1. The molecule has 1 atom stereocenters. The van der Waals surface area contributed by atoms with Crippen LogP contribution in [0.1, 0.15) is 34.1 Å². The molecule has 0 aliphatic carbocycles. The van der Waals surface area contributed by atoms with E-state index in [0.29, 0.717) is 32.7 Å². The first-order valence-corrected chi connectivity index (χ1v) is 9.16. The summed E-state index contributed by atoms with van der Waals surface area (Å²) < 4.78 is 21.8. The Labute approximate surface area is 161 Å². The first-order chi connectivity index (χ1) is 12.8. The van der Waals surface area contributed by atoms with Crippen LogP contribution in [0.3, 0.4) is 0 Å². The Morgan fingerprint density at radius 3 is 2.52 bits per heavy atom. The third-order valence-corrected chi connectivity index (χ3v) is 3.94. The van der Waals surface area contributed by atoms with Gasteiger partial charge in [-0.15, -0.1) is 0 Å². The van der Waals surface area contributed by atoms with E-state index in [2.05, 4.69) is 10.1 Å². The molecule has 0 bridgehead atoms.